The molecule has 1 aliphatic heterocycles. The van der Waals surface area contributed by atoms with E-state index in [0.717, 1.165) is 29.5 Å². The summed E-state index contributed by atoms with van der Waals surface area (Å²) in [4.78, 5) is 13.3. The standard InChI is InChI=1S/C24H31N7/c1-25-24(26-16-20-7-6-8-21(15-20)23-27-18-28-29-23)30(2)17-19-9-11-22(12-10-19)31-13-4-3-5-14-31/h6-12,15,18H,3-5,13-14,16-17H2,1-2H3,(H,25,26)(H,27,28,29). The Hall–Kier alpha value is -3.35. The maximum absolute atomic E-state index is 4.46. The van der Waals surface area contributed by atoms with Gasteiger partial charge in [0, 0.05) is 51.5 Å². The molecule has 4 rings (SSSR count). The van der Waals surface area contributed by atoms with Gasteiger partial charge >= 0.3 is 0 Å². The van der Waals surface area contributed by atoms with Gasteiger partial charge in [-0.2, -0.15) is 5.10 Å². The number of anilines is 1. The third-order valence-electron chi connectivity index (χ3n) is 5.72. The number of H-pyrrole nitrogens is 1. The number of nitrogens with zero attached hydrogens (tertiary/aromatic N) is 5. The van der Waals surface area contributed by atoms with Crippen LogP contribution in [0, 0.1) is 0 Å². The Kier molecular flexibility index (Phi) is 6.82. The van der Waals surface area contributed by atoms with E-state index in [1.165, 1.54) is 49.9 Å². The minimum atomic E-state index is 0.687. The molecule has 0 unspecified atom stereocenters. The number of rotatable bonds is 6. The second kappa shape index (κ2) is 10.1. The molecule has 1 aliphatic rings. The summed E-state index contributed by atoms with van der Waals surface area (Å²) in [5, 5.41) is 10.3. The van der Waals surface area contributed by atoms with Crippen LogP contribution in [0.15, 0.2) is 59.9 Å². The first-order valence-electron chi connectivity index (χ1n) is 10.9. The molecule has 3 aromatic rings. The third kappa shape index (κ3) is 5.42. The molecule has 0 bridgehead atoms. The van der Waals surface area contributed by atoms with Gasteiger partial charge in [0.1, 0.15) is 6.33 Å². The smallest absolute Gasteiger partial charge is 0.193 e. The maximum atomic E-state index is 4.46. The molecule has 0 amide bonds. The minimum Gasteiger partial charge on any atom is -0.372 e. The van der Waals surface area contributed by atoms with E-state index in [2.05, 4.69) is 78.7 Å². The highest BCUT2D eigenvalue weighted by Crippen LogP contribution is 2.20. The molecular formula is C24H31N7. The van der Waals surface area contributed by atoms with Gasteiger partial charge in [0.25, 0.3) is 0 Å². The molecule has 7 nitrogen and oxygen atoms in total. The quantitative estimate of drug-likeness (QED) is 0.473. The fraction of sp³-hybridized carbons (Fsp3) is 0.375. The zero-order valence-electron chi connectivity index (χ0n) is 18.4. The van der Waals surface area contributed by atoms with E-state index in [9.17, 15) is 0 Å². The van der Waals surface area contributed by atoms with Crippen molar-refractivity contribution in [1.82, 2.24) is 25.4 Å². The molecule has 0 spiro atoms. The first-order chi connectivity index (χ1) is 15.2. The molecule has 0 saturated carbocycles. The monoisotopic (exact) mass is 417 g/mol. The Morgan fingerprint density at radius 1 is 1.10 bits per heavy atom. The summed E-state index contributed by atoms with van der Waals surface area (Å²) in [5.41, 5.74) is 4.79. The van der Waals surface area contributed by atoms with Crippen LogP contribution in [0.5, 0.6) is 0 Å². The third-order valence-corrected chi connectivity index (χ3v) is 5.72. The number of hydrogen-bond donors (Lipinski definition) is 2. The van der Waals surface area contributed by atoms with Crippen LogP contribution < -0.4 is 10.2 Å². The van der Waals surface area contributed by atoms with Crippen LogP contribution in [0.25, 0.3) is 11.4 Å². The number of nitrogens with one attached hydrogen (secondary N) is 2. The lowest BCUT2D eigenvalue weighted by atomic mass is 10.1. The lowest BCUT2D eigenvalue weighted by Gasteiger charge is -2.29. The molecular weight excluding hydrogens is 386 g/mol. The largest absolute Gasteiger partial charge is 0.372 e. The molecule has 1 fully saturated rings. The average molecular weight is 418 g/mol. The number of aromatic amines is 1. The zero-order valence-corrected chi connectivity index (χ0v) is 18.4. The number of guanidine groups is 1. The lowest BCUT2D eigenvalue weighted by molar-refractivity contribution is 0.476. The molecule has 0 atom stereocenters. The van der Waals surface area contributed by atoms with Crippen molar-refractivity contribution in [2.45, 2.75) is 32.4 Å². The predicted octanol–water partition coefficient (Wildman–Crippen LogP) is 3.67. The van der Waals surface area contributed by atoms with Gasteiger partial charge in [0.05, 0.1) is 0 Å². The lowest BCUT2D eigenvalue weighted by Crippen LogP contribution is -2.38. The van der Waals surface area contributed by atoms with Crippen molar-refractivity contribution >= 4 is 11.6 Å². The SMILES string of the molecule is CN=C(NCc1cccc(-c2ncn[nH]2)c1)N(C)Cc1ccc(N2CCCCC2)cc1. The van der Waals surface area contributed by atoms with Gasteiger partial charge in [0.2, 0.25) is 0 Å². The molecule has 2 aromatic carbocycles. The molecule has 0 aliphatic carbocycles. The first kappa shape index (κ1) is 20.9. The van der Waals surface area contributed by atoms with Gasteiger partial charge in [-0.15, -0.1) is 0 Å². The summed E-state index contributed by atoms with van der Waals surface area (Å²) >= 11 is 0. The summed E-state index contributed by atoms with van der Waals surface area (Å²) in [6.45, 7) is 3.84. The summed E-state index contributed by atoms with van der Waals surface area (Å²) in [7, 11) is 3.89. The summed E-state index contributed by atoms with van der Waals surface area (Å²) in [6, 6.07) is 17.2. The van der Waals surface area contributed by atoms with Crippen LogP contribution in [0.2, 0.25) is 0 Å². The van der Waals surface area contributed by atoms with Gasteiger partial charge in [0.15, 0.2) is 11.8 Å². The van der Waals surface area contributed by atoms with Crippen molar-refractivity contribution in [2.24, 2.45) is 4.99 Å². The second-order valence-corrected chi connectivity index (χ2v) is 8.01. The predicted molar refractivity (Wildman–Crippen MR) is 126 cm³/mol. The van der Waals surface area contributed by atoms with Crippen LogP contribution in [0.4, 0.5) is 5.69 Å². The van der Waals surface area contributed by atoms with Gasteiger partial charge in [-0.05, 0) is 48.6 Å². The van der Waals surface area contributed by atoms with Crippen LogP contribution in [-0.2, 0) is 13.1 Å². The van der Waals surface area contributed by atoms with E-state index in [1.54, 1.807) is 0 Å². The van der Waals surface area contributed by atoms with Crippen molar-refractivity contribution in [3.63, 3.8) is 0 Å². The second-order valence-electron chi connectivity index (χ2n) is 8.01. The van der Waals surface area contributed by atoms with E-state index in [0.29, 0.717) is 6.54 Å². The van der Waals surface area contributed by atoms with E-state index in [1.807, 2.05) is 19.2 Å². The van der Waals surface area contributed by atoms with E-state index in [-0.39, 0.29) is 0 Å². The molecule has 2 N–H and O–H groups in total. The fourth-order valence-electron chi connectivity index (χ4n) is 4.05. The Morgan fingerprint density at radius 2 is 1.90 bits per heavy atom. The van der Waals surface area contributed by atoms with Gasteiger partial charge in [-0.3, -0.25) is 10.1 Å². The maximum Gasteiger partial charge on any atom is 0.193 e. The molecule has 2 heterocycles. The van der Waals surface area contributed by atoms with Gasteiger partial charge in [-0.1, -0.05) is 30.3 Å². The average Bonchev–Trinajstić information content (AvgIpc) is 3.36. The Labute approximate surface area is 184 Å². The molecule has 162 valence electrons. The Bertz CT molecular complexity index is 973. The van der Waals surface area contributed by atoms with Crippen LogP contribution in [0.3, 0.4) is 0 Å². The minimum absolute atomic E-state index is 0.687. The Balaban J connectivity index is 1.33. The summed E-state index contributed by atoms with van der Waals surface area (Å²) < 4.78 is 0. The van der Waals surface area contributed by atoms with Crippen LogP contribution >= 0.6 is 0 Å². The van der Waals surface area contributed by atoms with E-state index in [4.69, 9.17) is 0 Å². The molecule has 31 heavy (non-hydrogen) atoms. The normalized spacial score (nSPS) is 14.5. The van der Waals surface area contributed by atoms with Crippen molar-refractivity contribution in [3.05, 3.63) is 66.0 Å². The molecule has 7 heteroatoms. The number of benzene rings is 2. The van der Waals surface area contributed by atoms with Crippen LogP contribution in [0.1, 0.15) is 30.4 Å². The van der Waals surface area contributed by atoms with Crippen molar-refractivity contribution in [1.29, 1.82) is 0 Å². The highest BCUT2D eigenvalue weighted by atomic mass is 15.3. The molecule has 1 saturated heterocycles. The van der Waals surface area contributed by atoms with Crippen molar-refractivity contribution in [2.75, 3.05) is 32.1 Å². The van der Waals surface area contributed by atoms with Crippen molar-refractivity contribution < 1.29 is 0 Å². The van der Waals surface area contributed by atoms with E-state index < -0.39 is 0 Å². The van der Waals surface area contributed by atoms with Crippen LogP contribution in [-0.4, -0.2) is 53.2 Å². The number of aromatic nitrogens is 3. The molecule has 0 radical (unpaired) electrons. The van der Waals surface area contributed by atoms with E-state index >= 15 is 0 Å². The van der Waals surface area contributed by atoms with Gasteiger partial charge in [-0.25, -0.2) is 4.98 Å². The highest BCUT2D eigenvalue weighted by molar-refractivity contribution is 5.79. The summed E-state index contributed by atoms with van der Waals surface area (Å²) in [6.07, 6.45) is 5.48. The highest BCUT2D eigenvalue weighted by Gasteiger charge is 2.12. The van der Waals surface area contributed by atoms with Crippen molar-refractivity contribution in [3.8, 4) is 11.4 Å². The zero-order chi connectivity index (χ0) is 21.5. The Morgan fingerprint density at radius 3 is 2.61 bits per heavy atom. The molecule has 1 aromatic heterocycles. The number of aliphatic imine (C=N–C) groups is 1. The van der Waals surface area contributed by atoms with Gasteiger partial charge < -0.3 is 15.1 Å². The topological polar surface area (TPSA) is 72.4 Å². The fourth-order valence-corrected chi connectivity index (χ4v) is 4.05. The summed E-state index contributed by atoms with van der Waals surface area (Å²) in [5.74, 6) is 1.64. The number of piperidine rings is 1. The number of hydrogen-bond acceptors (Lipinski definition) is 4. The first-order valence-corrected chi connectivity index (χ1v) is 10.9.